The smallest absolute Gasteiger partial charge is 0.242 e. The van der Waals surface area contributed by atoms with E-state index in [1.807, 2.05) is 42.5 Å². The fourth-order valence-electron chi connectivity index (χ4n) is 5.00. The van der Waals surface area contributed by atoms with E-state index in [0.717, 1.165) is 72.8 Å². The zero-order chi connectivity index (χ0) is 25.8. The molecule has 1 aromatic heterocycles. The molecule has 1 saturated heterocycles. The second-order valence-corrected chi connectivity index (χ2v) is 9.89. The fourth-order valence-corrected chi connectivity index (χ4v) is 5.00. The van der Waals surface area contributed by atoms with Crippen LogP contribution in [0.15, 0.2) is 52.5 Å². The van der Waals surface area contributed by atoms with E-state index in [2.05, 4.69) is 46.4 Å². The number of hydrogen-bond donors (Lipinski definition) is 2. The van der Waals surface area contributed by atoms with Gasteiger partial charge in [-0.25, -0.2) is 4.98 Å². The Hall–Kier alpha value is -3.36. The largest absolute Gasteiger partial charge is 0.492 e. The molecule has 8 nitrogen and oxygen atoms in total. The molecule has 2 N–H and O–H groups in total. The van der Waals surface area contributed by atoms with Gasteiger partial charge in [0.2, 0.25) is 11.8 Å². The lowest BCUT2D eigenvalue weighted by atomic mass is 10.00. The number of hydrogen-bond acceptors (Lipinski definition) is 7. The van der Waals surface area contributed by atoms with E-state index in [0.29, 0.717) is 30.5 Å². The van der Waals surface area contributed by atoms with Crippen LogP contribution in [-0.2, 0) is 4.79 Å². The highest BCUT2D eigenvalue weighted by Crippen LogP contribution is 2.30. The first kappa shape index (κ1) is 25.3. The van der Waals surface area contributed by atoms with Crippen molar-refractivity contribution in [2.45, 2.75) is 46.1 Å². The van der Waals surface area contributed by atoms with Crippen molar-refractivity contribution in [3.63, 3.8) is 0 Å². The molecule has 1 unspecified atom stereocenters. The van der Waals surface area contributed by atoms with Gasteiger partial charge in [-0.15, -0.1) is 0 Å². The van der Waals surface area contributed by atoms with Gasteiger partial charge < -0.3 is 9.15 Å². The number of nitrogens with one attached hydrogen (secondary N) is 2. The standard InChI is InChI=1S/C29H37N5O3/c1-4-20(3)34-14-12-33(13-15-34)16-17-36-24-9-6-22(7-10-24)29-30-25-11-8-23(18-26(25)37-29)28-21(5-2)19-27(35)31-32-28/h6-11,18,20,32H,4-5,12-17,19H2,1-3H3,(H,31,35). The summed E-state index contributed by atoms with van der Waals surface area (Å²) in [7, 11) is 0. The van der Waals surface area contributed by atoms with Crippen LogP contribution in [0.3, 0.4) is 0 Å². The first-order valence-electron chi connectivity index (χ1n) is 13.4. The topological polar surface area (TPSA) is 82.9 Å². The van der Waals surface area contributed by atoms with Gasteiger partial charge in [-0.2, -0.15) is 0 Å². The molecule has 1 fully saturated rings. The SMILES string of the molecule is CCC1=C(c2ccc3nc(-c4ccc(OCCN5CCN(C(C)CC)CC5)cc4)oc3c2)NNC(=O)C1. The Morgan fingerprint density at radius 3 is 2.51 bits per heavy atom. The summed E-state index contributed by atoms with van der Waals surface area (Å²) in [5.74, 6) is 1.41. The third kappa shape index (κ3) is 5.81. The minimum Gasteiger partial charge on any atom is -0.492 e. The van der Waals surface area contributed by atoms with E-state index in [4.69, 9.17) is 9.15 Å². The number of carbonyl (C=O) groups is 1. The molecule has 0 radical (unpaired) electrons. The number of piperazine rings is 1. The molecule has 37 heavy (non-hydrogen) atoms. The number of nitrogens with zero attached hydrogens (tertiary/aromatic N) is 3. The van der Waals surface area contributed by atoms with Crippen LogP contribution in [0.5, 0.6) is 5.75 Å². The summed E-state index contributed by atoms with van der Waals surface area (Å²) in [5.41, 5.74) is 11.1. The molecule has 1 atom stereocenters. The van der Waals surface area contributed by atoms with Crippen molar-refractivity contribution < 1.29 is 13.9 Å². The number of aromatic nitrogens is 1. The number of benzene rings is 2. The van der Waals surface area contributed by atoms with E-state index in [1.54, 1.807) is 0 Å². The third-order valence-electron chi connectivity index (χ3n) is 7.56. The van der Waals surface area contributed by atoms with Crippen molar-refractivity contribution in [1.82, 2.24) is 25.6 Å². The molecule has 0 spiro atoms. The highest BCUT2D eigenvalue weighted by atomic mass is 16.5. The van der Waals surface area contributed by atoms with E-state index in [1.165, 1.54) is 6.42 Å². The number of ether oxygens (including phenoxy) is 1. The first-order valence-corrected chi connectivity index (χ1v) is 13.4. The molecule has 0 saturated carbocycles. The summed E-state index contributed by atoms with van der Waals surface area (Å²) in [6, 6.07) is 14.5. The van der Waals surface area contributed by atoms with Gasteiger partial charge in [0, 0.05) is 49.9 Å². The summed E-state index contributed by atoms with van der Waals surface area (Å²) in [6.45, 7) is 12.7. The molecule has 2 aliphatic rings. The average Bonchev–Trinajstić information content (AvgIpc) is 3.37. The Kier molecular flexibility index (Phi) is 7.76. The second kappa shape index (κ2) is 11.4. The molecule has 1 amide bonds. The molecule has 3 aromatic rings. The van der Waals surface area contributed by atoms with Crippen molar-refractivity contribution >= 4 is 22.7 Å². The van der Waals surface area contributed by atoms with Gasteiger partial charge >= 0.3 is 0 Å². The zero-order valence-corrected chi connectivity index (χ0v) is 22.0. The molecule has 3 heterocycles. The number of carbonyl (C=O) groups excluding carboxylic acids is 1. The molecular formula is C29H37N5O3. The molecule has 0 bridgehead atoms. The van der Waals surface area contributed by atoms with Gasteiger partial charge in [-0.05, 0) is 61.7 Å². The van der Waals surface area contributed by atoms with Gasteiger partial charge in [0.05, 0.1) is 12.1 Å². The summed E-state index contributed by atoms with van der Waals surface area (Å²) >= 11 is 0. The normalized spacial score (nSPS) is 18.1. The molecule has 5 rings (SSSR count). The maximum absolute atomic E-state index is 11.7. The molecular weight excluding hydrogens is 466 g/mol. The van der Waals surface area contributed by atoms with Gasteiger partial charge in [0.1, 0.15) is 17.9 Å². The number of fused-ring (bicyclic) bond motifs is 1. The van der Waals surface area contributed by atoms with Crippen molar-refractivity contribution in [3.8, 4) is 17.2 Å². The van der Waals surface area contributed by atoms with Crippen molar-refractivity contribution in [2.24, 2.45) is 0 Å². The fraction of sp³-hybridized carbons (Fsp3) is 0.448. The van der Waals surface area contributed by atoms with Crippen molar-refractivity contribution in [3.05, 3.63) is 53.6 Å². The maximum Gasteiger partial charge on any atom is 0.242 e. The number of oxazole rings is 1. The average molecular weight is 504 g/mol. The number of hydrazine groups is 1. The molecule has 0 aliphatic carbocycles. The first-order chi connectivity index (χ1) is 18.0. The maximum atomic E-state index is 11.7. The highest BCUT2D eigenvalue weighted by molar-refractivity contribution is 5.88. The summed E-state index contributed by atoms with van der Waals surface area (Å²) in [5, 5.41) is 0. The van der Waals surface area contributed by atoms with E-state index < -0.39 is 0 Å². The quantitative estimate of drug-likeness (QED) is 0.447. The van der Waals surface area contributed by atoms with Gasteiger partial charge in [-0.3, -0.25) is 25.4 Å². The molecule has 8 heteroatoms. The van der Waals surface area contributed by atoms with E-state index in [9.17, 15) is 4.79 Å². The number of amides is 1. The van der Waals surface area contributed by atoms with Gasteiger partial charge in [0.25, 0.3) is 0 Å². The predicted molar refractivity (Wildman–Crippen MR) is 146 cm³/mol. The molecule has 2 aliphatic heterocycles. The van der Waals surface area contributed by atoms with Crippen LogP contribution in [0.1, 0.15) is 45.6 Å². The minimum absolute atomic E-state index is 0.0176. The Bertz CT molecular complexity index is 1260. The van der Waals surface area contributed by atoms with Crippen LogP contribution in [0, 0.1) is 0 Å². The monoisotopic (exact) mass is 503 g/mol. The Labute approximate surface area is 218 Å². The van der Waals surface area contributed by atoms with Crippen LogP contribution in [-0.4, -0.2) is 66.1 Å². The van der Waals surface area contributed by atoms with Crippen LogP contribution in [0.2, 0.25) is 0 Å². The van der Waals surface area contributed by atoms with Crippen molar-refractivity contribution in [2.75, 3.05) is 39.3 Å². The lowest BCUT2D eigenvalue weighted by molar-refractivity contribution is -0.121. The van der Waals surface area contributed by atoms with Crippen molar-refractivity contribution in [1.29, 1.82) is 0 Å². The van der Waals surface area contributed by atoms with Gasteiger partial charge in [0.15, 0.2) is 5.58 Å². The highest BCUT2D eigenvalue weighted by Gasteiger charge is 2.20. The van der Waals surface area contributed by atoms with Crippen LogP contribution in [0.4, 0.5) is 0 Å². The Morgan fingerprint density at radius 2 is 1.78 bits per heavy atom. The predicted octanol–water partition coefficient (Wildman–Crippen LogP) is 4.44. The lowest BCUT2D eigenvalue weighted by Gasteiger charge is -2.37. The minimum atomic E-state index is -0.0176. The Balaban J connectivity index is 1.19. The Morgan fingerprint density at radius 1 is 1.03 bits per heavy atom. The van der Waals surface area contributed by atoms with Crippen LogP contribution < -0.4 is 15.6 Å². The van der Waals surface area contributed by atoms with Crippen LogP contribution in [0.25, 0.3) is 28.3 Å². The summed E-state index contributed by atoms with van der Waals surface area (Å²) in [4.78, 5) is 21.5. The molecule has 196 valence electrons. The molecule has 2 aromatic carbocycles. The lowest BCUT2D eigenvalue weighted by Crippen LogP contribution is -2.50. The van der Waals surface area contributed by atoms with Crippen LogP contribution >= 0.6 is 0 Å². The van der Waals surface area contributed by atoms with E-state index >= 15 is 0 Å². The van der Waals surface area contributed by atoms with Gasteiger partial charge in [-0.1, -0.05) is 19.9 Å². The summed E-state index contributed by atoms with van der Waals surface area (Å²) < 4.78 is 12.1. The second-order valence-electron chi connectivity index (χ2n) is 9.89. The number of rotatable bonds is 9. The summed E-state index contributed by atoms with van der Waals surface area (Å²) in [6.07, 6.45) is 2.42. The zero-order valence-electron chi connectivity index (χ0n) is 22.0. The van der Waals surface area contributed by atoms with E-state index in [-0.39, 0.29) is 5.91 Å². The third-order valence-corrected chi connectivity index (χ3v) is 7.56.